The van der Waals surface area contributed by atoms with Crippen LogP contribution in [-0.2, 0) is 0 Å². The van der Waals surface area contributed by atoms with Crippen LogP contribution in [0.2, 0.25) is 0 Å². The molecular weight excluding hydrogens is 254 g/mol. The fourth-order valence-corrected chi connectivity index (χ4v) is 3.19. The fraction of sp³-hybridized carbons (Fsp3) is 0.462. The number of Topliss-reactive ketones (excluding diaryl/α,β-unsaturated/α-hetero) is 1. The van der Waals surface area contributed by atoms with Crippen LogP contribution in [0.3, 0.4) is 0 Å². The van der Waals surface area contributed by atoms with E-state index in [0.717, 1.165) is 29.2 Å². The van der Waals surface area contributed by atoms with E-state index in [1.807, 2.05) is 32.3 Å². The van der Waals surface area contributed by atoms with Gasteiger partial charge in [-0.2, -0.15) is 0 Å². The summed E-state index contributed by atoms with van der Waals surface area (Å²) in [7, 11) is 4.05. The number of carbonyl (C=O) groups excluding carboxylic acids is 1. The summed E-state index contributed by atoms with van der Waals surface area (Å²) < 4.78 is 0. The molecule has 0 saturated carbocycles. The lowest BCUT2D eigenvalue weighted by atomic mass is 9.95. The Hall–Kier alpha value is -0.510. The van der Waals surface area contributed by atoms with Crippen molar-refractivity contribution in [2.24, 2.45) is 5.92 Å². The molecule has 1 aromatic rings. The Morgan fingerprint density at radius 1 is 1.35 bits per heavy atom. The van der Waals surface area contributed by atoms with Gasteiger partial charge in [0.15, 0.2) is 5.78 Å². The number of ketones is 1. The van der Waals surface area contributed by atoms with E-state index in [2.05, 4.69) is 11.0 Å². The summed E-state index contributed by atoms with van der Waals surface area (Å²) >= 11 is 1.80. The number of hydrogen-bond donors (Lipinski definition) is 0. The van der Waals surface area contributed by atoms with Gasteiger partial charge in [0.05, 0.1) is 0 Å². The molecule has 1 aromatic carbocycles. The predicted molar refractivity (Wildman–Crippen MR) is 75.4 cm³/mol. The van der Waals surface area contributed by atoms with Gasteiger partial charge in [-0.3, -0.25) is 4.79 Å². The molecular formula is C13H18ClNOS. The molecule has 0 spiro atoms. The Kier molecular flexibility index (Phi) is 5.50. The second kappa shape index (κ2) is 6.43. The Morgan fingerprint density at radius 2 is 2.06 bits per heavy atom. The summed E-state index contributed by atoms with van der Waals surface area (Å²) in [5.41, 5.74) is 0.914. The average molecular weight is 272 g/mol. The lowest BCUT2D eigenvalue weighted by molar-refractivity contribution is 0.0893. The van der Waals surface area contributed by atoms with E-state index in [4.69, 9.17) is 0 Å². The molecule has 0 aliphatic carbocycles. The Morgan fingerprint density at radius 3 is 2.76 bits per heavy atom. The first-order valence-corrected chi connectivity index (χ1v) is 6.58. The molecule has 0 radical (unpaired) electrons. The van der Waals surface area contributed by atoms with Crippen molar-refractivity contribution >= 4 is 30.0 Å². The highest BCUT2D eigenvalue weighted by molar-refractivity contribution is 7.99. The third kappa shape index (κ3) is 3.47. The lowest BCUT2D eigenvalue weighted by Crippen LogP contribution is -2.27. The topological polar surface area (TPSA) is 20.3 Å². The lowest BCUT2D eigenvalue weighted by Gasteiger charge is -2.17. The second-order valence-corrected chi connectivity index (χ2v) is 5.59. The largest absolute Gasteiger partial charge is 0.309 e. The van der Waals surface area contributed by atoms with Crippen molar-refractivity contribution in [1.29, 1.82) is 0 Å². The van der Waals surface area contributed by atoms with Crippen molar-refractivity contribution in [2.75, 3.05) is 26.4 Å². The van der Waals surface area contributed by atoms with E-state index in [-0.39, 0.29) is 18.3 Å². The summed E-state index contributed by atoms with van der Waals surface area (Å²) in [5.74, 6) is 1.52. The van der Waals surface area contributed by atoms with Crippen LogP contribution < -0.4 is 0 Å². The van der Waals surface area contributed by atoms with Gasteiger partial charge in [-0.15, -0.1) is 24.2 Å². The third-order valence-corrected chi connectivity index (χ3v) is 3.94. The van der Waals surface area contributed by atoms with Gasteiger partial charge in [0.2, 0.25) is 0 Å². The quantitative estimate of drug-likeness (QED) is 0.825. The van der Waals surface area contributed by atoms with Crippen LogP contribution >= 0.6 is 24.2 Å². The van der Waals surface area contributed by atoms with Crippen molar-refractivity contribution in [1.82, 2.24) is 4.90 Å². The summed E-state index contributed by atoms with van der Waals surface area (Å²) in [6.45, 7) is 0.855. The smallest absolute Gasteiger partial charge is 0.168 e. The molecule has 17 heavy (non-hydrogen) atoms. The number of hydrogen-bond acceptors (Lipinski definition) is 3. The van der Waals surface area contributed by atoms with E-state index in [1.54, 1.807) is 11.8 Å². The fourth-order valence-electron chi connectivity index (χ4n) is 2.07. The SMILES string of the molecule is CN(C)C[C@@H]1CCSc2ccccc2C1=O.Cl. The van der Waals surface area contributed by atoms with E-state index >= 15 is 0 Å². The molecule has 0 N–H and O–H groups in total. The number of fused-ring (bicyclic) bond motifs is 1. The molecule has 0 saturated heterocycles. The van der Waals surface area contributed by atoms with Crippen LogP contribution in [0.15, 0.2) is 29.2 Å². The predicted octanol–water partition coefficient (Wildman–Crippen LogP) is 2.96. The minimum Gasteiger partial charge on any atom is -0.309 e. The molecule has 2 rings (SSSR count). The highest BCUT2D eigenvalue weighted by Crippen LogP contribution is 2.31. The first kappa shape index (κ1) is 14.6. The molecule has 1 atom stereocenters. The van der Waals surface area contributed by atoms with Gasteiger partial charge in [0.1, 0.15) is 0 Å². The standard InChI is InChI=1S/C13H17NOS.ClH/c1-14(2)9-10-7-8-16-12-6-4-3-5-11(12)13(10)15;/h3-6,10H,7-9H2,1-2H3;1H/t10-;/m0./s1. The molecule has 4 heteroatoms. The number of rotatable bonds is 2. The number of benzene rings is 1. The van der Waals surface area contributed by atoms with Gasteiger partial charge in [-0.25, -0.2) is 0 Å². The van der Waals surface area contributed by atoms with E-state index in [0.29, 0.717) is 5.78 Å². The van der Waals surface area contributed by atoms with Crippen LogP contribution in [0.4, 0.5) is 0 Å². The summed E-state index contributed by atoms with van der Waals surface area (Å²) in [4.78, 5) is 15.6. The molecule has 1 heterocycles. The molecule has 2 nitrogen and oxygen atoms in total. The van der Waals surface area contributed by atoms with Gasteiger partial charge >= 0.3 is 0 Å². The number of thioether (sulfide) groups is 1. The van der Waals surface area contributed by atoms with Crippen LogP contribution in [0.25, 0.3) is 0 Å². The minimum atomic E-state index is 0. The van der Waals surface area contributed by atoms with Gasteiger partial charge in [-0.05, 0) is 32.3 Å². The van der Waals surface area contributed by atoms with Gasteiger partial charge in [-0.1, -0.05) is 18.2 Å². The minimum absolute atomic E-state index is 0. The molecule has 1 aliphatic heterocycles. The van der Waals surface area contributed by atoms with Gasteiger partial charge in [0.25, 0.3) is 0 Å². The molecule has 0 aromatic heterocycles. The van der Waals surface area contributed by atoms with Gasteiger partial charge in [0, 0.05) is 22.9 Å². The molecule has 1 aliphatic rings. The zero-order chi connectivity index (χ0) is 11.5. The Bertz CT molecular complexity index is 395. The first-order valence-electron chi connectivity index (χ1n) is 5.59. The molecule has 0 fully saturated rings. The molecule has 0 bridgehead atoms. The molecule has 0 unspecified atom stereocenters. The van der Waals surface area contributed by atoms with Crippen LogP contribution in [0.5, 0.6) is 0 Å². The maximum Gasteiger partial charge on any atom is 0.168 e. The molecule has 94 valence electrons. The Labute approximate surface area is 113 Å². The summed E-state index contributed by atoms with van der Waals surface area (Å²) in [6.07, 6.45) is 0.982. The van der Waals surface area contributed by atoms with Crippen LogP contribution in [0.1, 0.15) is 16.8 Å². The van der Waals surface area contributed by atoms with Crippen LogP contribution in [-0.4, -0.2) is 37.1 Å². The first-order chi connectivity index (χ1) is 7.68. The van der Waals surface area contributed by atoms with Gasteiger partial charge < -0.3 is 4.90 Å². The highest BCUT2D eigenvalue weighted by atomic mass is 35.5. The van der Waals surface area contributed by atoms with Crippen molar-refractivity contribution in [3.05, 3.63) is 29.8 Å². The third-order valence-electron chi connectivity index (χ3n) is 2.83. The zero-order valence-corrected chi connectivity index (χ0v) is 11.8. The second-order valence-electron chi connectivity index (χ2n) is 4.46. The monoisotopic (exact) mass is 271 g/mol. The van der Waals surface area contributed by atoms with Crippen LogP contribution in [0, 0.1) is 5.92 Å². The summed E-state index contributed by atoms with van der Waals surface area (Å²) in [6, 6.07) is 7.97. The average Bonchev–Trinajstić information content (AvgIpc) is 2.40. The zero-order valence-electron chi connectivity index (χ0n) is 10.2. The Balaban J connectivity index is 0.00000144. The number of carbonyl (C=O) groups is 1. The van der Waals surface area contributed by atoms with Crippen molar-refractivity contribution in [3.8, 4) is 0 Å². The van der Waals surface area contributed by atoms with Crippen molar-refractivity contribution < 1.29 is 4.79 Å². The number of halogens is 1. The van der Waals surface area contributed by atoms with Crippen molar-refractivity contribution in [2.45, 2.75) is 11.3 Å². The normalized spacial score (nSPS) is 19.5. The van der Waals surface area contributed by atoms with E-state index in [1.165, 1.54) is 0 Å². The maximum atomic E-state index is 12.3. The molecule has 0 amide bonds. The van der Waals surface area contributed by atoms with E-state index < -0.39 is 0 Å². The maximum absolute atomic E-state index is 12.3. The number of nitrogens with zero attached hydrogens (tertiary/aromatic N) is 1. The summed E-state index contributed by atoms with van der Waals surface area (Å²) in [5, 5.41) is 0. The van der Waals surface area contributed by atoms with E-state index in [9.17, 15) is 4.79 Å². The van der Waals surface area contributed by atoms with Crippen molar-refractivity contribution in [3.63, 3.8) is 0 Å². The highest BCUT2D eigenvalue weighted by Gasteiger charge is 2.25.